The number of hydrogen-bond donors (Lipinski definition) is 0. The molecule has 0 aliphatic rings. The van der Waals surface area contributed by atoms with Crippen LogP contribution >= 0.6 is 0 Å². The van der Waals surface area contributed by atoms with E-state index in [0.717, 1.165) is 11.1 Å². The molecule has 148 valence electrons. The number of fused-ring (bicyclic) bond motifs is 2. The molecule has 0 saturated heterocycles. The maximum absolute atomic E-state index is 13.2. The summed E-state index contributed by atoms with van der Waals surface area (Å²) in [4.78, 5) is 17.9. The number of para-hydroxylation sites is 1. The quantitative estimate of drug-likeness (QED) is 0.428. The molecule has 0 bridgehead atoms. The highest BCUT2D eigenvalue weighted by Crippen LogP contribution is 2.32. The van der Waals surface area contributed by atoms with E-state index in [9.17, 15) is 4.79 Å². The molecule has 30 heavy (non-hydrogen) atoms. The predicted octanol–water partition coefficient (Wildman–Crippen LogP) is 4.04. The molecule has 0 amide bonds. The number of benzene rings is 2. The van der Waals surface area contributed by atoms with Crippen LogP contribution in [0.5, 0.6) is 5.75 Å². The summed E-state index contributed by atoms with van der Waals surface area (Å²) in [6.07, 6.45) is 3.54. The second-order valence-corrected chi connectivity index (χ2v) is 6.84. The zero-order chi connectivity index (χ0) is 20.7. The Morgan fingerprint density at radius 1 is 1.07 bits per heavy atom. The monoisotopic (exact) mass is 398 g/mol. The molecular formula is C23H18N4O3. The van der Waals surface area contributed by atoms with Gasteiger partial charge in [0.1, 0.15) is 11.3 Å². The van der Waals surface area contributed by atoms with E-state index >= 15 is 0 Å². The lowest BCUT2D eigenvalue weighted by Gasteiger charge is -2.07. The van der Waals surface area contributed by atoms with E-state index in [-0.39, 0.29) is 5.56 Å². The molecule has 0 aliphatic carbocycles. The van der Waals surface area contributed by atoms with Crippen LogP contribution in [0.1, 0.15) is 5.69 Å². The molecule has 0 N–H and O–H groups in total. The van der Waals surface area contributed by atoms with Crippen molar-refractivity contribution < 1.29 is 9.15 Å². The third-order valence-corrected chi connectivity index (χ3v) is 5.00. The molecule has 3 aromatic heterocycles. The van der Waals surface area contributed by atoms with Gasteiger partial charge in [-0.1, -0.05) is 18.2 Å². The first kappa shape index (κ1) is 17.9. The van der Waals surface area contributed by atoms with E-state index in [0.29, 0.717) is 33.8 Å². The summed E-state index contributed by atoms with van der Waals surface area (Å²) in [5, 5.41) is 5.74. The van der Waals surface area contributed by atoms with Gasteiger partial charge in [-0.05, 0) is 42.5 Å². The fourth-order valence-electron chi connectivity index (χ4n) is 3.44. The Morgan fingerprint density at radius 3 is 2.73 bits per heavy atom. The SMILES string of the molecule is COc1cccc2oc(-c3nc4ccccc4c(=O)n3N=Cc3cccn3C)cc12. The lowest BCUT2D eigenvalue weighted by Crippen LogP contribution is -2.20. The minimum absolute atomic E-state index is 0.270. The number of nitrogens with zero attached hydrogens (tertiary/aromatic N) is 4. The largest absolute Gasteiger partial charge is 0.496 e. The van der Waals surface area contributed by atoms with Crippen molar-refractivity contribution in [3.05, 3.63) is 82.9 Å². The zero-order valence-electron chi connectivity index (χ0n) is 16.4. The van der Waals surface area contributed by atoms with Crippen molar-refractivity contribution in [2.75, 3.05) is 7.11 Å². The number of hydrogen-bond acceptors (Lipinski definition) is 5. The molecule has 0 atom stereocenters. The topological polar surface area (TPSA) is 74.6 Å². The Balaban J connectivity index is 1.77. The summed E-state index contributed by atoms with van der Waals surface area (Å²) in [5.74, 6) is 1.44. The normalized spacial score (nSPS) is 11.7. The maximum Gasteiger partial charge on any atom is 0.282 e. The Bertz CT molecular complexity index is 1470. The smallest absolute Gasteiger partial charge is 0.282 e. The van der Waals surface area contributed by atoms with E-state index in [4.69, 9.17) is 9.15 Å². The molecule has 5 rings (SSSR count). The van der Waals surface area contributed by atoms with Crippen molar-refractivity contribution in [3.8, 4) is 17.3 Å². The van der Waals surface area contributed by atoms with Crippen molar-refractivity contribution in [2.45, 2.75) is 0 Å². The average molecular weight is 398 g/mol. The highest BCUT2D eigenvalue weighted by atomic mass is 16.5. The summed E-state index contributed by atoms with van der Waals surface area (Å²) in [7, 11) is 3.52. The van der Waals surface area contributed by atoms with E-state index in [1.165, 1.54) is 4.68 Å². The molecular weight excluding hydrogens is 380 g/mol. The van der Waals surface area contributed by atoms with Crippen LogP contribution in [-0.4, -0.2) is 27.6 Å². The van der Waals surface area contributed by atoms with Crippen LogP contribution in [0.4, 0.5) is 0 Å². The summed E-state index contributed by atoms with van der Waals surface area (Å²) in [6.45, 7) is 0. The molecule has 7 nitrogen and oxygen atoms in total. The van der Waals surface area contributed by atoms with Crippen LogP contribution in [0, 0.1) is 0 Å². The van der Waals surface area contributed by atoms with Gasteiger partial charge in [-0.2, -0.15) is 9.78 Å². The Morgan fingerprint density at radius 2 is 1.93 bits per heavy atom. The standard InChI is InChI=1S/C23H18N4O3/c1-26-12-6-7-15(26)14-24-27-22(25-18-9-4-3-8-16(18)23(27)28)21-13-17-19(29-2)10-5-11-20(17)30-21/h3-14H,1-2H3. The first-order valence-corrected chi connectivity index (χ1v) is 9.40. The second-order valence-electron chi connectivity index (χ2n) is 6.84. The number of methoxy groups -OCH3 is 1. The number of ether oxygens (including phenoxy) is 1. The van der Waals surface area contributed by atoms with Crippen molar-refractivity contribution >= 4 is 28.1 Å². The van der Waals surface area contributed by atoms with Gasteiger partial charge in [0.15, 0.2) is 5.76 Å². The second kappa shape index (κ2) is 7.04. The molecule has 0 unspecified atom stereocenters. The van der Waals surface area contributed by atoms with Gasteiger partial charge in [-0.25, -0.2) is 4.98 Å². The van der Waals surface area contributed by atoms with Crippen LogP contribution < -0.4 is 10.3 Å². The summed E-state index contributed by atoms with van der Waals surface area (Å²) < 4.78 is 14.6. The fourth-order valence-corrected chi connectivity index (χ4v) is 3.44. The Kier molecular flexibility index (Phi) is 4.21. The third kappa shape index (κ3) is 2.88. The molecule has 0 spiro atoms. The van der Waals surface area contributed by atoms with Crippen LogP contribution in [0.2, 0.25) is 0 Å². The maximum atomic E-state index is 13.2. The molecule has 7 heteroatoms. The average Bonchev–Trinajstić information content (AvgIpc) is 3.38. The van der Waals surface area contributed by atoms with Gasteiger partial charge in [-0.3, -0.25) is 4.79 Å². The zero-order valence-corrected chi connectivity index (χ0v) is 16.4. The highest BCUT2D eigenvalue weighted by Gasteiger charge is 2.17. The van der Waals surface area contributed by atoms with Crippen LogP contribution in [0.25, 0.3) is 33.5 Å². The minimum atomic E-state index is -0.270. The van der Waals surface area contributed by atoms with Gasteiger partial charge in [0.05, 0.1) is 35.3 Å². The van der Waals surface area contributed by atoms with Gasteiger partial charge >= 0.3 is 0 Å². The predicted molar refractivity (Wildman–Crippen MR) is 116 cm³/mol. The van der Waals surface area contributed by atoms with Crippen LogP contribution in [0.15, 0.2) is 81.2 Å². The van der Waals surface area contributed by atoms with Crippen molar-refractivity contribution in [2.24, 2.45) is 12.1 Å². The molecule has 0 fully saturated rings. The van der Waals surface area contributed by atoms with E-state index < -0.39 is 0 Å². The number of aromatic nitrogens is 3. The van der Waals surface area contributed by atoms with Crippen molar-refractivity contribution in [3.63, 3.8) is 0 Å². The van der Waals surface area contributed by atoms with Gasteiger partial charge in [0, 0.05) is 13.2 Å². The van der Waals surface area contributed by atoms with E-state index in [1.807, 2.05) is 66.3 Å². The van der Waals surface area contributed by atoms with Crippen LogP contribution in [0.3, 0.4) is 0 Å². The van der Waals surface area contributed by atoms with E-state index in [2.05, 4.69) is 10.1 Å². The first-order valence-electron chi connectivity index (χ1n) is 9.40. The van der Waals surface area contributed by atoms with Crippen molar-refractivity contribution in [1.29, 1.82) is 0 Å². The van der Waals surface area contributed by atoms with Crippen LogP contribution in [-0.2, 0) is 7.05 Å². The first-order chi connectivity index (χ1) is 14.7. The Labute approximate surface area is 171 Å². The van der Waals surface area contributed by atoms with Gasteiger partial charge in [0.2, 0.25) is 5.82 Å². The Hall–Kier alpha value is -4.13. The molecule has 0 saturated carbocycles. The minimum Gasteiger partial charge on any atom is -0.496 e. The lowest BCUT2D eigenvalue weighted by molar-refractivity contribution is 0.419. The number of aryl methyl sites for hydroxylation is 1. The number of rotatable bonds is 4. The fraction of sp³-hybridized carbons (Fsp3) is 0.0870. The van der Waals surface area contributed by atoms with Gasteiger partial charge in [-0.15, -0.1) is 0 Å². The summed E-state index contributed by atoms with van der Waals surface area (Å²) in [5.41, 5.74) is 1.81. The van der Waals surface area contributed by atoms with Crippen molar-refractivity contribution in [1.82, 2.24) is 14.2 Å². The lowest BCUT2D eigenvalue weighted by atomic mass is 10.2. The van der Waals surface area contributed by atoms with E-state index in [1.54, 1.807) is 25.5 Å². The van der Waals surface area contributed by atoms with Gasteiger partial charge < -0.3 is 13.7 Å². The summed E-state index contributed by atoms with van der Waals surface area (Å²) in [6, 6.07) is 18.4. The molecule has 0 radical (unpaired) electrons. The molecule has 3 heterocycles. The third-order valence-electron chi connectivity index (χ3n) is 5.00. The highest BCUT2D eigenvalue weighted by molar-refractivity contribution is 5.88. The number of furan rings is 1. The molecule has 0 aliphatic heterocycles. The summed E-state index contributed by atoms with van der Waals surface area (Å²) >= 11 is 0. The molecule has 2 aromatic carbocycles. The molecule has 5 aromatic rings. The van der Waals surface area contributed by atoms with Gasteiger partial charge in [0.25, 0.3) is 5.56 Å².